The van der Waals surface area contributed by atoms with Crippen LogP contribution in [-0.2, 0) is 5.67 Å². The molecule has 1 nitrogen and oxygen atoms in total. The summed E-state index contributed by atoms with van der Waals surface area (Å²) in [7, 11) is 0. The van der Waals surface area contributed by atoms with E-state index in [1.54, 1.807) is 0 Å². The van der Waals surface area contributed by atoms with E-state index in [9.17, 15) is 57.8 Å². The summed E-state index contributed by atoms with van der Waals surface area (Å²) >= 11 is 0. The van der Waals surface area contributed by atoms with Crippen LogP contribution in [0.5, 0.6) is 5.75 Å². The van der Waals surface area contributed by atoms with E-state index in [1.807, 2.05) is 0 Å². The molecular formula is C15HF13O. The van der Waals surface area contributed by atoms with Gasteiger partial charge in [-0.1, -0.05) is 0 Å². The number of aromatic hydroxyl groups is 1. The van der Waals surface area contributed by atoms with Gasteiger partial charge >= 0.3 is 12.1 Å². The van der Waals surface area contributed by atoms with Gasteiger partial charge in [0.25, 0.3) is 0 Å². The Kier molecular flexibility index (Phi) is 4.13. The Morgan fingerprint density at radius 2 is 0.931 bits per heavy atom. The summed E-state index contributed by atoms with van der Waals surface area (Å²) in [5, 5.41) is 9.43. The van der Waals surface area contributed by atoms with Gasteiger partial charge < -0.3 is 5.11 Å². The number of rotatable bonds is 1. The number of halogens is 13. The van der Waals surface area contributed by atoms with Gasteiger partial charge in [0.05, 0.1) is 11.1 Å². The number of hydrogen-bond acceptors (Lipinski definition) is 1. The summed E-state index contributed by atoms with van der Waals surface area (Å²) < 4.78 is 178. The molecule has 1 aliphatic rings. The fourth-order valence-corrected chi connectivity index (χ4v) is 3.04. The number of benzene rings is 2. The largest absolute Gasteiger partial charge is 0.504 e. The smallest absolute Gasteiger partial charge is 0.457 e. The van der Waals surface area contributed by atoms with Gasteiger partial charge in [-0.25, -0.2) is 30.7 Å². The van der Waals surface area contributed by atoms with Gasteiger partial charge in [0.1, 0.15) is 0 Å². The minimum Gasteiger partial charge on any atom is -0.504 e. The van der Waals surface area contributed by atoms with E-state index in [1.165, 1.54) is 0 Å². The Labute approximate surface area is 150 Å². The highest BCUT2D eigenvalue weighted by Gasteiger charge is 2.77. The second-order valence-corrected chi connectivity index (χ2v) is 5.78. The van der Waals surface area contributed by atoms with Crippen LogP contribution in [0.4, 0.5) is 57.1 Å². The van der Waals surface area contributed by atoms with E-state index >= 15 is 4.39 Å². The van der Waals surface area contributed by atoms with Crippen molar-refractivity contribution >= 4 is 0 Å². The van der Waals surface area contributed by atoms with E-state index < -0.39 is 86.5 Å². The monoisotopic (exact) mass is 444 g/mol. The van der Waals surface area contributed by atoms with Crippen LogP contribution in [0, 0.1) is 40.7 Å². The second-order valence-electron chi connectivity index (χ2n) is 5.78. The molecule has 0 amide bonds. The molecular weight excluding hydrogens is 443 g/mol. The van der Waals surface area contributed by atoms with Crippen molar-refractivity contribution < 1.29 is 62.2 Å². The van der Waals surface area contributed by atoms with Crippen molar-refractivity contribution in [3.8, 4) is 16.9 Å². The number of hydrogen-bond donors (Lipinski definition) is 1. The van der Waals surface area contributed by atoms with Crippen molar-refractivity contribution in [1.82, 2.24) is 0 Å². The fourth-order valence-electron chi connectivity index (χ4n) is 3.04. The highest BCUT2D eigenvalue weighted by atomic mass is 19.4. The van der Waals surface area contributed by atoms with Crippen molar-refractivity contribution in [2.24, 2.45) is 0 Å². The Morgan fingerprint density at radius 1 is 0.552 bits per heavy atom. The molecule has 1 unspecified atom stereocenters. The molecule has 0 saturated carbocycles. The first kappa shape index (κ1) is 21.0. The standard InChI is InChI=1S/C15HF13O/c16-5-1-2-4(12(29)11(22)9(20)6(2)17)13(23,14(24,25)15(26,27)28)3(1)7(18)10(21)8(5)19/h29H. The zero-order chi connectivity index (χ0) is 22.4. The van der Waals surface area contributed by atoms with Gasteiger partial charge in [0.2, 0.25) is 11.5 Å². The van der Waals surface area contributed by atoms with Crippen LogP contribution in [0.15, 0.2) is 0 Å². The molecule has 0 aromatic heterocycles. The van der Waals surface area contributed by atoms with Crippen molar-refractivity contribution in [3.05, 3.63) is 51.8 Å². The predicted molar refractivity (Wildman–Crippen MR) is 66.1 cm³/mol. The molecule has 29 heavy (non-hydrogen) atoms. The minimum atomic E-state index is -7.00. The number of alkyl halides is 6. The maximum Gasteiger partial charge on any atom is 0.457 e. The molecule has 14 heteroatoms. The topological polar surface area (TPSA) is 20.2 Å². The third-order valence-corrected chi connectivity index (χ3v) is 4.29. The summed E-state index contributed by atoms with van der Waals surface area (Å²) in [5.41, 5.74) is -16.4. The van der Waals surface area contributed by atoms with Crippen LogP contribution in [-0.4, -0.2) is 17.2 Å². The Balaban J connectivity index is 2.71. The normalized spacial score (nSPS) is 18.8. The highest BCUT2D eigenvalue weighted by molar-refractivity contribution is 5.84. The Morgan fingerprint density at radius 3 is 1.38 bits per heavy atom. The second kappa shape index (κ2) is 5.69. The molecule has 0 bridgehead atoms. The van der Waals surface area contributed by atoms with E-state index in [4.69, 9.17) is 0 Å². The number of phenolic OH excluding ortho intramolecular Hbond substituents is 1. The summed E-state index contributed by atoms with van der Waals surface area (Å²) in [5.74, 6) is -30.2. The van der Waals surface area contributed by atoms with Crippen LogP contribution in [0.2, 0.25) is 0 Å². The average molecular weight is 444 g/mol. The zero-order valence-corrected chi connectivity index (χ0v) is 12.9. The number of phenols is 1. The van der Waals surface area contributed by atoms with Crippen molar-refractivity contribution in [1.29, 1.82) is 0 Å². The van der Waals surface area contributed by atoms with Crippen LogP contribution in [0.3, 0.4) is 0 Å². The van der Waals surface area contributed by atoms with Gasteiger partial charge in [0.15, 0.2) is 40.7 Å². The lowest BCUT2D eigenvalue weighted by molar-refractivity contribution is -0.322. The quantitative estimate of drug-likeness (QED) is 0.337. The maximum atomic E-state index is 15.3. The minimum absolute atomic E-state index is 2.38. The van der Waals surface area contributed by atoms with Gasteiger partial charge in [0, 0.05) is 11.1 Å². The van der Waals surface area contributed by atoms with E-state index in [0.29, 0.717) is 0 Å². The highest BCUT2D eigenvalue weighted by Crippen LogP contribution is 2.65. The first-order chi connectivity index (χ1) is 13.0. The molecule has 0 spiro atoms. The van der Waals surface area contributed by atoms with Gasteiger partial charge in [-0.3, -0.25) is 0 Å². The summed E-state index contributed by atoms with van der Waals surface area (Å²) in [6.45, 7) is 0. The molecule has 3 rings (SSSR count). The van der Waals surface area contributed by atoms with Crippen molar-refractivity contribution in [2.75, 3.05) is 0 Å². The SMILES string of the molecule is Oc1c(F)c(F)c(F)c2c1C(F)(C(F)(F)C(F)(F)F)c1c(F)c(F)c(F)c(F)c1-2. The Hall–Kier alpha value is -2.67. The van der Waals surface area contributed by atoms with Crippen LogP contribution in [0.25, 0.3) is 11.1 Å². The summed E-state index contributed by atoms with van der Waals surface area (Å²) in [6.07, 6.45) is -7.00. The molecule has 0 aliphatic heterocycles. The molecule has 0 radical (unpaired) electrons. The molecule has 1 N–H and O–H groups in total. The molecule has 0 fully saturated rings. The first-order valence-corrected chi connectivity index (χ1v) is 6.93. The molecule has 1 aliphatic carbocycles. The molecule has 158 valence electrons. The number of fused-ring (bicyclic) bond motifs is 3. The molecule has 2 aromatic rings. The summed E-state index contributed by atoms with van der Waals surface area (Å²) in [6, 6.07) is 0. The molecule has 0 saturated heterocycles. The summed E-state index contributed by atoms with van der Waals surface area (Å²) in [4.78, 5) is 0. The average Bonchev–Trinajstić information content (AvgIpc) is 2.91. The fraction of sp³-hybridized carbons (Fsp3) is 0.200. The lowest BCUT2D eigenvalue weighted by atomic mass is 9.85. The molecule has 1 atom stereocenters. The lowest BCUT2D eigenvalue weighted by Gasteiger charge is -2.33. The van der Waals surface area contributed by atoms with Crippen LogP contribution >= 0.6 is 0 Å². The zero-order valence-electron chi connectivity index (χ0n) is 12.9. The van der Waals surface area contributed by atoms with E-state index in [0.717, 1.165) is 0 Å². The van der Waals surface area contributed by atoms with Crippen LogP contribution < -0.4 is 0 Å². The maximum absolute atomic E-state index is 15.3. The Bertz CT molecular complexity index is 1000. The van der Waals surface area contributed by atoms with Crippen LogP contribution in [0.1, 0.15) is 11.1 Å². The van der Waals surface area contributed by atoms with Crippen molar-refractivity contribution in [2.45, 2.75) is 17.8 Å². The van der Waals surface area contributed by atoms with Gasteiger partial charge in [-0.05, 0) is 0 Å². The molecule has 0 heterocycles. The lowest BCUT2D eigenvalue weighted by Crippen LogP contribution is -2.52. The predicted octanol–water partition coefficient (Wildman–Crippen LogP) is 5.76. The van der Waals surface area contributed by atoms with Gasteiger partial charge in [-0.15, -0.1) is 0 Å². The third-order valence-electron chi connectivity index (χ3n) is 4.29. The van der Waals surface area contributed by atoms with Crippen molar-refractivity contribution in [3.63, 3.8) is 0 Å². The van der Waals surface area contributed by atoms with E-state index in [2.05, 4.69) is 0 Å². The van der Waals surface area contributed by atoms with Gasteiger partial charge in [-0.2, -0.15) is 26.3 Å². The first-order valence-electron chi connectivity index (χ1n) is 6.93. The third kappa shape index (κ3) is 2.19. The van der Waals surface area contributed by atoms with E-state index in [-0.39, 0.29) is 0 Å². The molecule has 2 aromatic carbocycles.